The lowest BCUT2D eigenvalue weighted by Gasteiger charge is -2.34. The molecular formula is C38H40. The number of allylic oxidation sites excluding steroid dienone is 13. The van der Waals surface area contributed by atoms with E-state index < -0.39 is 0 Å². The van der Waals surface area contributed by atoms with Crippen molar-refractivity contribution in [1.29, 1.82) is 0 Å². The zero-order valence-corrected chi connectivity index (χ0v) is 23.5. The zero-order valence-electron chi connectivity index (χ0n) is 23.5. The van der Waals surface area contributed by atoms with Crippen LogP contribution in [0.5, 0.6) is 0 Å². The van der Waals surface area contributed by atoms with Gasteiger partial charge in [-0.15, -0.1) is 0 Å². The summed E-state index contributed by atoms with van der Waals surface area (Å²) in [6, 6.07) is 17.9. The molecule has 2 unspecified atom stereocenters. The zero-order chi connectivity index (χ0) is 27.0. The molecule has 38 heavy (non-hydrogen) atoms. The van der Waals surface area contributed by atoms with E-state index in [1.54, 1.807) is 0 Å². The molecule has 1 saturated carbocycles. The standard InChI is InChI=1S/C38H40/c1-8-9-26(5)36-27(6)20-35-23-34(28(7)37(35)38(36)32-13-10-25(4)11-14-32)22-29-12-15-33(21-29)31-18-16-30(17-19-31)24(2)3/h10-20,22,37-38H,2,5,7-9,21,23H2,1,3-4,6H3. The number of hydrogen-bond acceptors (Lipinski definition) is 0. The Labute approximate surface area is 229 Å². The Hall–Kier alpha value is -3.64. The summed E-state index contributed by atoms with van der Waals surface area (Å²) in [5.74, 6) is 0.589. The van der Waals surface area contributed by atoms with Gasteiger partial charge in [0.2, 0.25) is 0 Å². The molecule has 0 amide bonds. The van der Waals surface area contributed by atoms with Crippen LogP contribution in [0.15, 0.2) is 132 Å². The first-order valence-corrected chi connectivity index (χ1v) is 14.0. The first kappa shape index (κ1) is 26.0. The normalized spacial score (nSPS) is 21.8. The summed E-state index contributed by atoms with van der Waals surface area (Å²) in [5, 5.41) is 0. The molecule has 0 spiro atoms. The highest BCUT2D eigenvalue weighted by Crippen LogP contribution is 2.55. The van der Waals surface area contributed by atoms with Crippen LogP contribution in [0, 0.1) is 12.8 Å². The molecule has 5 rings (SSSR count). The van der Waals surface area contributed by atoms with Gasteiger partial charge in [0, 0.05) is 11.8 Å². The van der Waals surface area contributed by atoms with Gasteiger partial charge in [-0.25, -0.2) is 0 Å². The smallest absolute Gasteiger partial charge is 0.0201 e. The lowest BCUT2D eigenvalue weighted by Crippen LogP contribution is -2.21. The summed E-state index contributed by atoms with van der Waals surface area (Å²) in [5.41, 5.74) is 17.2. The molecule has 3 aliphatic carbocycles. The molecule has 2 aromatic carbocycles. The summed E-state index contributed by atoms with van der Waals surface area (Å²) < 4.78 is 0. The number of hydrogen-bond donors (Lipinski definition) is 0. The van der Waals surface area contributed by atoms with Gasteiger partial charge in [-0.05, 0) is 90.2 Å². The van der Waals surface area contributed by atoms with Crippen LogP contribution in [-0.4, -0.2) is 0 Å². The molecule has 0 heterocycles. The maximum absolute atomic E-state index is 4.71. The SMILES string of the molecule is C=C(CCC)C1=C(C)C=C2CC(=CC3=CC=C(c4ccc(C(=C)C)cc4)C3)C(=C)C2C1c1ccc(C)cc1. The largest absolute Gasteiger partial charge is 0.0955 e. The van der Waals surface area contributed by atoms with Crippen LogP contribution in [-0.2, 0) is 0 Å². The van der Waals surface area contributed by atoms with Gasteiger partial charge in [-0.1, -0.05) is 128 Å². The summed E-state index contributed by atoms with van der Waals surface area (Å²) in [7, 11) is 0. The van der Waals surface area contributed by atoms with Crippen LogP contribution in [0.2, 0.25) is 0 Å². The maximum Gasteiger partial charge on any atom is 0.0201 e. The van der Waals surface area contributed by atoms with Crippen molar-refractivity contribution in [2.24, 2.45) is 5.92 Å². The second-order valence-electron chi connectivity index (χ2n) is 11.4. The van der Waals surface area contributed by atoms with E-state index in [0.717, 1.165) is 31.3 Å². The summed E-state index contributed by atoms with van der Waals surface area (Å²) in [4.78, 5) is 0. The van der Waals surface area contributed by atoms with Gasteiger partial charge in [0.15, 0.2) is 0 Å². The van der Waals surface area contributed by atoms with Crippen molar-refractivity contribution in [2.75, 3.05) is 0 Å². The Morgan fingerprint density at radius 1 is 0.921 bits per heavy atom. The third-order valence-corrected chi connectivity index (χ3v) is 8.42. The van der Waals surface area contributed by atoms with Gasteiger partial charge in [-0.2, -0.15) is 0 Å². The third kappa shape index (κ3) is 4.93. The fourth-order valence-electron chi connectivity index (χ4n) is 6.44. The highest BCUT2D eigenvalue weighted by Gasteiger charge is 2.40. The van der Waals surface area contributed by atoms with E-state index in [1.807, 2.05) is 0 Å². The average molecular weight is 497 g/mol. The van der Waals surface area contributed by atoms with Gasteiger partial charge in [-0.3, -0.25) is 0 Å². The van der Waals surface area contributed by atoms with Crippen molar-refractivity contribution >= 4 is 11.1 Å². The molecule has 0 N–H and O–H groups in total. The molecule has 2 aromatic rings. The lowest BCUT2D eigenvalue weighted by molar-refractivity contribution is 0.619. The van der Waals surface area contributed by atoms with E-state index in [0.29, 0.717) is 5.92 Å². The molecule has 192 valence electrons. The molecule has 2 atom stereocenters. The fourth-order valence-corrected chi connectivity index (χ4v) is 6.44. The van der Waals surface area contributed by atoms with E-state index in [4.69, 9.17) is 6.58 Å². The summed E-state index contributed by atoms with van der Waals surface area (Å²) >= 11 is 0. The molecule has 0 aromatic heterocycles. The summed E-state index contributed by atoms with van der Waals surface area (Å²) in [6.07, 6.45) is 13.5. The second-order valence-corrected chi connectivity index (χ2v) is 11.4. The first-order chi connectivity index (χ1) is 18.3. The Morgan fingerprint density at radius 2 is 1.63 bits per heavy atom. The maximum atomic E-state index is 4.71. The van der Waals surface area contributed by atoms with E-state index in [1.165, 1.54) is 66.8 Å². The van der Waals surface area contributed by atoms with E-state index in [2.05, 4.69) is 114 Å². The molecule has 0 heteroatoms. The molecule has 0 nitrogen and oxygen atoms in total. The van der Waals surface area contributed by atoms with Crippen LogP contribution >= 0.6 is 0 Å². The van der Waals surface area contributed by atoms with Crippen LogP contribution in [0.4, 0.5) is 0 Å². The van der Waals surface area contributed by atoms with Crippen molar-refractivity contribution in [3.63, 3.8) is 0 Å². The van der Waals surface area contributed by atoms with Gasteiger partial charge in [0.25, 0.3) is 0 Å². The van der Waals surface area contributed by atoms with E-state index >= 15 is 0 Å². The minimum Gasteiger partial charge on any atom is -0.0955 e. The molecule has 0 bridgehead atoms. The predicted molar refractivity (Wildman–Crippen MR) is 166 cm³/mol. The molecule has 1 fully saturated rings. The van der Waals surface area contributed by atoms with E-state index in [-0.39, 0.29) is 5.92 Å². The van der Waals surface area contributed by atoms with E-state index in [9.17, 15) is 0 Å². The quantitative estimate of drug-likeness (QED) is 0.357. The van der Waals surface area contributed by atoms with Crippen LogP contribution < -0.4 is 0 Å². The van der Waals surface area contributed by atoms with Crippen LogP contribution in [0.25, 0.3) is 11.1 Å². The molecule has 0 aliphatic heterocycles. The van der Waals surface area contributed by atoms with Gasteiger partial charge in [0.05, 0.1) is 0 Å². The van der Waals surface area contributed by atoms with Crippen molar-refractivity contribution in [3.8, 4) is 0 Å². The molecule has 3 aliphatic rings. The van der Waals surface area contributed by atoms with Crippen molar-refractivity contribution in [2.45, 2.75) is 59.3 Å². The van der Waals surface area contributed by atoms with Gasteiger partial charge >= 0.3 is 0 Å². The number of benzene rings is 2. The van der Waals surface area contributed by atoms with Gasteiger partial charge < -0.3 is 0 Å². The van der Waals surface area contributed by atoms with Gasteiger partial charge in [0.1, 0.15) is 0 Å². The fraction of sp³-hybridized carbons (Fsp3) is 0.263. The number of aryl methyl sites for hydroxylation is 1. The topological polar surface area (TPSA) is 0 Å². The third-order valence-electron chi connectivity index (χ3n) is 8.42. The average Bonchev–Trinajstić information content (AvgIpc) is 3.48. The lowest BCUT2D eigenvalue weighted by atomic mass is 9.69. The first-order valence-electron chi connectivity index (χ1n) is 14.0. The Balaban J connectivity index is 1.42. The number of rotatable bonds is 7. The molecular weight excluding hydrogens is 456 g/mol. The van der Waals surface area contributed by atoms with Crippen molar-refractivity contribution in [3.05, 3.63) is 154 Å². The second kappa shape index (κ2) is 10.6. The van der Waals surface area contributed by atoms with Crippen molar-refractivity contribution < 1.29 is 0 Å². The summed E-state index contributed by atoms with van der Waals surface area (Å²) in [6.45, 7) is 22.1. The predicted octanol–water partition coefficient (Wildman–Crippen LogP) is 10.6. The minimum atomic E-state index is 0.283. The molecule has 0 saturated heterocycles. The Kier molecular flexibility index (Phi) is 7.26. The highest BCUT2D eigenvalue weighted by molar-refractivity contribution is 5.75. The Morgan fingerprint density at radius 3 is 2.29 bits per heavy atom. The number of fused-ring (bicyclic) bond motifs is 1. The minimum absolute atomic E-state index is 0.283. The van der Waals surface area contributed by atoms with Crippen LogP contribution in [0.1, 0.15) is 74.6 Å². The highest BCUT2D eigenvalue weighted by atomic mass is 14.4. The van der Waals surface area contributed by atoms with Crippen LogP contribution in [0.3, 0.4) is 0 Å². The van der Waals surface area contributed by atoms with Crippen molar-refractivity contribution in [1.82, 2.24) is 0 Å². The Bertz CT molecular complexity index is 1460. The monoisotopic (exact) mass is 496 g/mol. The molecule has 0 radical (unpaired) electrons.